The number of carbonyl (C=O) groups excluding carboxylic acids is 1. The van der Waals surface area contributed by atoms with Crippen LogP contribution in [0.1, 0.15) is 20.3 Å². The molecule has 4 rings (SSSR count). The number of benzene rings is 1. The molecule has 0 aliphatic carbocycles. The molecule has 2 N–H and O–H groups in total. The fourth-order valence-corrected chi connectivity index (χ4v) is 3.63. The number of amides is 1. The molecule has 3 heterocycles. The number of anilines is 2. The van der Waals surface area contributed by atoms with Crippen LogP contribution in [0.4, 0.5) is 11.5 Å². The Labute approximate surface area is 175 Å². The lowest BCUT2D eigenvalue weighted by Crippen LogP contribution is -2.27. The molecule has 1 aliphatic heterocycles. The molecule has 8 nitrogen and oxygen atoms in total. The van der Waals surface area contributed by atoms with E-state index in [1.165, 1.54) is 0 Å². The summed E-state index contributed by atoms with van der Waals surface area (Å²) in [4.78, 5) is 14.8. The van der Waals surface area contributed by atoms with Crippen LogP contribution >= 0.6 is 0 Å². The molecule has 2 aromatic heterocycles. The number of hydrogen-bond donors (Lipinski definition) is 2. The Morgan fingerprint density at radius 3 is 2.73 bits per heavy atom. The van der Waals surface area contributed by atoms with Gasteiger partial charge in [-0.25, -0.2) is 0 Å². The van der Waals surface area contributed by atoms with Gasteiger partial charge in [-0.1, -0.05) is 12.1 Å². The summed E-state index contributed by atoms with van der Waals surface area (Å²) in [5, 5.41) is 25.3. The number of aromatic nitrogens is 4. The Bertz CT molecular complexity index is 994. The maximum atomic E-state index is 12.7. The van der Waals surface area contributed by atoms with E-state index in [1.54, 1.807) is 30.9 Å². The standard InChI is InChI=1S/C22H26N6O2/c1-22(2,30)15-28-14-18(12-24-28)16-5-7-19(8-6-16)25-21(29)17-9-11-27(13-17)20-4-3-10-23-26-20/h3-8,10,12,14,17,30H,9,11,13,15H2,1-2H3,(H,25,29)/t17-/m0/s1. The van der Waals surface area contributed by atoms with Crippen LogP contribution in [-0.4, -0.2) is 49.7 Å². The second-order valence-corrected chi connectivity index (χ2v) is 8.32. The second kappa shape index (κ2) is 8.23. The van der Waals surface area contributed by atoms with Crippen molar-refractivity contribution in [3.8, 4) is 11.1 Å². The number of nitrogens with one attached hydrogen (secondary N) is 1. The highest BCUT2D eigenvalue weighted by molar-refractivity contribution is 5.93. The van der Waals surface area contributed by atoms with E-state index in [0.717, 1.165) is 35.6 Å². The van der Waals surface area contributed by atoms with Gasteiger partial charge in [0.15, 0.2) is 5.82 Å². The van der Waals surface area contributed by atoms with E-state index in [-0.39, 0.29) is 11.8 Å². The predicted molar refractivity (Wildman–Crippen MR) is 115 cm³/mol. The summed E-state index contributed by atoms with van der Waals surface area (Å²) in [6, 6.07) is 11.5. The third-order valence-electron chi connectivity index (χ3n) is 5.11. The molecule has 1 aromatic carbocycles. The highest BCUT2D eigenvalue weighted by Crippen LogP contribution is 2.24. The molecule has 1 saturated heterocycles. The number of hydrogen-bond acceptors (Lipinski definition) is 6. The van der Waals surface area contributed by atoms with E-state index in [4.69, 9.17) is 0 Å². The number of nitrogens with zero attached hydrogens (tertiary/aromatic N) is 5. The maximum absolute atomic E-state index is 12.7. The van der Waals surface area contributed by atoms with Crippen molar-refractivity contribution in [3.05, 3.63) is 55.0 Å². The minimum absolute atomic E-state index is 0.0205. The Balaban J connectivity index is 1.35. The monoisotopic (exact) mass is 406 g/mol. The summed E-state index contributed by atoms with van der Waals surface area (Å²) in [5.74, 6) is 0.751. The molecule has 0 saturated carbocycles. The Kier molecular flexibility index (Phi) is 5.50. The zero-order chi connectivity index (χ0) is 21.1. The van der Waals surface area contributed by atoms with E-state index in [9.17, 15) is 9.90 Å². The molecule has 0 bridgehead atoms. The Morgan fingerprint density at radius 1 is 1.23 bits per heavy atom. The van der Waals surface area contributed by atoms with E-state index in [2.05, 4.69) is 25.5 Å². The maximum Gasteiger partial charge on any atom is 0.229 e. The summed E-state index contributed by atoms with van der Waals surface area (Å²) in [7, 11) is 0. The van der Waals surface area contributed by atoms with Crippen molar-refractivity contribution < 1.29 is 9.90 Å². The lowest BCUT2D eigenvalue weighted by molar-refractivity contribution is -0.119. The van der Waals surface area contributed by atoms with Gasteiger partial charge >= 0.3 is 0 Å². The quantitative estimate of drug-likeness (QED) is 0.653. The highest BCUT2D eigenvalue weighted by Gasteiger charge is 2.29. The number of rotatable bonds is 6. The summed E-state index contributed by atoms with van der Waals surface area (Å²) in [5.41, 5.74) is 1.92. The predicted octanol–water partition coefficient (Wildman–Crippen LogP) is 2.58. The lowest BCUT2D eigenvalue weighted by Gasteiger charge is -2.16. The molecule has 0 radical (unpaired) electrons. The van der Waals surface area contributed by atoms with Gasteiger partial charge in [0.25, 0.3) is 0 Å². The van der Waals surface area contributed by atoms with Crippen LogP contribution in [0, 0.1) is 5.92 Å². The van der Waals surface area contributed by atoms with Gasteiger partial charge in [0, 0.05) is 36.7 Å². The van der Waals surface area contributed by atoms with Crippen LogP contribution in [0.5, 0.6) is 0 Å². The van der Waals surface area contributed by atoms with Crippen LogP contribution < -0.4 is 10.2 Å². The van der Waals surface area contributed by atoms with Crippen LogP contribution in [0.25, 0.3) is 11.1 Å². The minimum atomic E-state index is -0.819. The summed E-state index contributed by atoms with van der Waals surface area (Å²) < 4.78 is 1.73. The van der Waals surface area contributed by atoms with Gasteiger partial charge in [-0.2, -0.15) is 10.2 Å². The molecule has 0 spiro atoms. The van der Waals surface area contributed by atoms with E-state index >= 15 is 0 Å². The highest BCUT2D eigenvalue weighted by atomic mass is 16.3. The van der Waals surface area contributed by atoms with Gasteiger partial charge in [0.2, 0.25) is 5.91 Å². The van der Waals surface area contributed by atoms with Crippen LogP contribution in [0.3, 0.4) is 0 Å². The fourth-order valence-electron chi connectivity index (χ4n) is 3.63. The normalized spacial score (nSPS) is 16.6. The summed E-state index contributed by atoms with van der Waals surface area (Å²) in [6.45, 7) is 5.37. The molecule has 30 heavy (non-hydrogen) atoms. The minimum Gasteiger partial charge on any atom is -0.389 e. The van der Waals surface area contributed by atoms with Gasteiger partial charge in [-0.05, 0) is 50.1 Å². The zero-order valence-corrected chi connectivity index (χ0v) is 17.2. The molecule has 1 atom stereocenters. The van der Waals surface area contributed by atoms with Gasteiger partial charge in [-0.3, -0.25) is 9.48 Å². The van der Waals surface area contributed by atoms with Crippen molar-refractivity contribution in [1.29, 1.82) is 0 Å². The zero-order valence-electron chi connectivity index (χ0n) is 17.2. The van der Waals surface area contributed by atoms with Gasteiger partial charge in [0.1, 0.15) is 0 Å². The smallest absolute Gasteiger partial charge is 0.229 e. The largest absolute Gasteiger partial charge is 0.389 e. The fraction of sp³-hybridized carbons (Fsp3) is 0.364. The third kappa shape index (κ3) is 4.83. The van der Waals surface area contributed by atoms with Crippen LogP contribution in [-0.2, 0) is 11.3 Å². The molecular formula is C22H26N6O2. The first-order valence-electron chi connectivity index (χ1n) is 10.1. The van der Waals surface area contributed by atoms with Crippen molar-refractivity contribution in [1.82, 2.24) is 20.0 Å². The SMILES string of the molecule is CC(C)(O)Cn1cc(-c2ccc(NC(=O)[C@H]3CCN(c4cccnn4)C3)cc2)cn1. The van der Waals surface area contributed by atoms with E-state index in [1.807, 2.05) is 42.6 Å². The third-order valence-corrected chi connectivity index (χ3v) is 5.11. The van der Waals surface area contributed by atoms with Gasteiger partial charge < -0.3 is 15.3 Å². The average molecular weight is 406 g/mol. The molecule has 3 aromatic rings. The van der Waals surface area contributed by atoms with Crippen LogP contribution in [0.15, 0.2) is 55.0 Å². The first-order chi connectivity index (χ1) is 14.4. The molecule has 0 unspecified atom stereocenters. The van der Waals surface area contributed by atoms with Crippen molar-refractivity contribution in [3.63, 3.8) is 0 Å². The second-order valence-electron chi connectivity index (χ2n) is 8.32. The Morgan fingerprint density at radius 2 is 2.03 bits per heavy atom. The van der Waals surface area contributed by atoms with Crippen molar-refractivity contribution in [2.45, 2.75) is 32.4 Å². The van der Waals surface area contributed by atoms with Gasteiger partial charge in [-0.15, -0.1) is 5.10 Å². The first-order valence-corrected chi connectivity index (χ1v) is 10.1. The molecular weight excluding hydrogens is 380 g/mol. The summed E-state index contributed by atoms with van der Waals surface area (Å²) >= 11 is 0. The molecule has 1 aliphatic rings. The van der Waals surface area contributed by atoms with E-state index < -0.39 is 5.60 Å². The molecule has 1 fully saturated rings. The number of carbonyl (C=O) groups is 1. The van der Waals surface area contributed by atoms with Crippen molar-refractivity contribution in [2.75, 3.05) is 23.3 Å². The molecule has 8 heteroatoms. The molecule has 1 amide bonds. The lowest BCUT2D eigenvalue weighted by atomic mass is 10.1. The summed E-state index contributed by atoms with van der Waals surface area (Å²) in [6.07, 6.45) is 6.12. The van der Waals surface area contributed by atoms with Crippen LogP contribution in [0.2, 0.25) is 0 Å². The van der Waals surface area contributed by atoms with Crippen molar-refractivity contribution >= 4 is 17.4 Å². The van der Waals surface area contributed by atoms with Crippen molar-refractivity contribution in [2.24, 2.45) is 5.92 Å². The Hall–Kier alpha value is -3.26. The topological polar surface area (TPSA) is 96.2 Å². The average Bonchev–Trinajstić information content (AvgIpc) is 3.38. The van der Waals surface area contributed by atoms with Gasteiger partial charge in [0.05, 0.1) is 24.3 Å². The first kappa shape index (κ1) is 20.0. The van der Waals surface area contributed by atoms with E-state index in [0.29, 0.717) is 13.1 Å². The molecule has 156 valence electrons. The number of aliphatic hydroxyl groups is 1.